The molecule has 142 valence electrons. The summed E-state index contributed by atoms with van der Waals surface area (Å²) in [7, 11) is 1.39. The van der Waals surface area contributed by atoms with Crippen LogP contribution in [0.1, 0.15) is 17.2 Å². The first-order chi connectivity index (χ1) is 13.5. The quantitative estimate of drug-likeness (QED) is 0.471. The average Bonchev–Trinajstić information content (AvgIpc) is 3.27. The van der Waals surface area contributed by atoms with Crippen LogP contribution in [-0.4, -0.2) is 29.6 Å². The van der Waals surface area contributed by atoms with Crippen molar-refractivity contribution in [3.63, 3.8) is 0 Å². The van der Waals surface area contributed by atoms with Gasteiger partial charge < -0.3 is 19.0 Å². The van der Waals surface area contributed by atoms with Crippen molar-refractivity contribution in [1.29, 1.82) is 0 Å². The van der Waals surface area contributed by atoms with E-state index < -0.39 is 5.92 Å². The highest BCUT2D eigenvalue weighted by Gasteiger charge is 2.36. The SMILES string of the molecule is COC(=O)C1CN(c2nc3ccc(Cl)cc3o2)Cc2[nH]c3ccc(Cl)cc3c21. The van der Waals surface area contributed by atoms with Gasteiger partial charge in [0, 0.05) is 39.3 Å². The first kappa shape index (κ1) is 17.4. The predicted molar refractivity (Wildman–Crippen MR) is 108 cm³/mol. The second-order valence-corrected chi connectivity index (χ2v) is 7.64. The van der Waals surface area contributed by atoms with Crippen LogP contribution in [-0.2, 0) is 16.1 Å². The Morgan fingerprint density at radius 1 is 1.25 bits per heavy atom. The third-order valence-corrected chi connectivity index (χ3v) is 5.55. The van der Waals surface area contributed by atoms with Crippen molar-refractivity contribution in [1.82, 2.24) is 9.97 Å². The molecule has 0 bridgehead atoms. The van der Waals surface area contributed by atoms with E-state index in [0.29, 0.717) is 40.2 Å². The number of aromatic amines is 1. The Labute approximate surface area is 170 Å². The largest absolute Gasteiger partial charge is 0.468 e. The molecular formula is C20H15Cl2N3O3. The highest BCUT2D eigenvalue weighted by atomic mass is 35.5. The maximum absolute atomic E-state index is 12.6. The number of carbonyl (C=O) groups excluding carboxylic acids is 1. The van der Waals surface area contributed by atoms with E-state index in [4.69, 9.17) is 32.4 Å². The van der Waals surface area contributed by atoms with Crippen LogP contribution < -0.4 is 4.90 Å². The number of hydrogen-bond donors (Lipinski definition) is 1. The van der Waals surface area contributed by atoms with Crippen molar-refractivity contribution < 1.29 is 13.9 Å². The van der Waals surface area contributed by atoms with Gasteiger partial charge in [-0.1, -0.05) is 23.2 Å². The van der Waals surface area contributed by atoms with Crippen molar-refractivity contribution in [2.24, 2.45) is 0 Å². The minimum atomic E-state index is -0.487. The molecule has 0 saturated carbocycles. The average molecular weight is 416 g/mol. The molecule has 3 heterocycles. The molecule has 0 fully saturated rings. The number of ether oxygens (including phenoxy) is 1. The Morgan fingerprint density at radius 3 is 2.86 bits per heavy atom. The fourth-order valence-corrected chi connectivity index (χ4v) is 4.17. The summed E-state index contributed by atoms with van der Waals surface area (Å²) in [5, 5.41) is 2.13. The minimum Gasteiger partial charge on any atom is -0.468 e. The van der Waals surface area contributed by atoms with Gasteiger partial charge in [-0.2, -0.15) is 4.98 Å². The number of esters is 1. The van der Waals surface area contributed by atoms with Crippen molar-refractivity contribution in [3.8, 4) is 0 Å². The number of anilines is 1. The van der Waals surface area contributed by atoms with Gasteiger partial charge in [0.15, 0.2) is 5.58 Å². The lowest BCUT2D eigenvalue weighted by atomic mass is 9.92. The van der Waals surface area contributed by atoms with Gasteiger partial charge in [0.05, 0.1) is 13.7 Å². The molecule has 8 heteroatoms. The third-order valence-electron chi connectivity index (χ3n) is 5.08. The Kier molecular flexibility index (Phi) is 4.00. The molecule has 0 aliphatic carbocycles. The molecule has 0 radical (unpaired) electrons. The van der Waals surface area contributed by atoms with Crippen LogP contribution in [0.25, 0.3) is 22.0 Å². The summed E-state index contributed by atoms with van der Waals surface area (Å²) in [5.74, 6) is -0.800. The second kappa shape index (κ2) is 6.43. The van der Waals surface area contributed by atoms with E-state index in [0.717, 1.165) is 22.2 Å². The first-order valence-corrected chi connectivity index (χ1v) is 9.48. The predicted octanol–water partition coefficient (Wildman–Crippen LogP) is 4.89. The van der Waals surface area contributed by atoms with Gasteiger partial charge in [-0.15, -0.1) is 0 Å². The Balaban J connectivity index is 1.63. The summed E-state index contributed by atoms with van der Waals surface area (Å²) in [6.07, 6.45) is 0. The van der Waals surface area contributed by atoms with Crippen molar-refractivity contribution in [3.05, 3.63) is 57.7 Å². The molecule has 2 aromatic carbocycles. The molecule has 1 unspecified atom stereocenters. The van der Waals surface area contributed by atoms with E-state index in [-0.39, 0.29) is 5.97 Å². The number of halogens is 2. The van der Waals surface area contributed by atoms with Crippen molar-refractivity contribution in [2.75, 3.05) is 18.6 Å². The molecule has 6 nitrogen and oxygen atoms in total. The zero-order valence-corrected chi connectivity index (χ0v) is 16.3. The van der Waals surface area contributed by atoms with Crippen LogP contribution in [0.4, 0.5) is 6.01 Å². The summed E-state index contributed by atoms with van der Waals surface area (Å²) >= 11 is 12.2. The Bertz CT molecular complexity index is 1230. The molecule has 0 amide bonds. The van der Waals surface area contributed by atoms with Crippen LogP contribution >= 0.6 is 23.2 Å². The molecule has 2 aromatic heterocycles. The number of hydrogen-bond acceptors (Lipinski definition) is 5. The van der Waals surface area contributed by atoms with Gasteiger partial charge in [-0.25, -0.2) is 0 Å². The van der Waals surface area contributed by atoms with Gasteiger partial charge in [0.25, 0.3) is 6.01 Å². The lowest BCUT2D eigenvalue weighted by molar-refractivity contribution is -0.142. The number of fused-ring (bicyclic) bond motifs is 4. The fraction of sp³-hybridized carbons (Fsp3) is 0.200. The number of nitrogens with zero attached hydrogens (tertiary/aromatic N) is 2. The smallest absolute Gasteiger partial charge is 0.315 e. The number of benzene rings is 2. The molecule has 1 aliphatic rings. The fourth-order valence-electron chi connectivity index (χ4n) is 3.83. The number of oxazole rings is 1. The second-order valence-electron chi connectivity index (χ2n) is 6.77. The van der Waals surface area contributed by atoms with Crippen LogP contribution in [0.15, 0.2) is 40.8 Å². The van der Waals surface area contributed by atoms with Crippen molar-refractivity contribution in [2.45, 2.75) is 12.5 Å². The maximum Gasteiger partial charge on any atom is 0.315 e. The summed E-state index contributed by atoms with van der Waals surface area (Å²) in [6.45, 7) is 0.912. The standard InChI is InChI=1S/C20H15Cl2N3O3/c1-27-19(26)13-8-25(20-24-15-5-3-11(22)7-17(15)28-20)9-16-18(13)12-6-10(21)2-4-14(12)23-16/h2-7,13,23H,8-9H2,1H3. The van der Waals surface area contributed by atoms with E-state index in [1.54, 1.807) is 12.1 Å². The van der Waals surface area contributed by atoms with Crippen LogP contribution in [0.2, 0.25) is 10.0 Å². The molecule has 1 aliphatic heterocycles. The van der Waals surface area contributed by atoms with Crippen LogP contribution in [0.5, 0.6) is 0 Å². The molecule has 5 rings (SSSR count). The molecule has 0 spiro atoms. The third kappa shape index (κ3) is 2.72. The van der Waals surface area contributed by atoms with Crippen LogP contribution in [0, 0.1) is 0 Å². The van der Waals surface area contributed by atoms with E-state index in [1.165, 1.54) is 7.11 Å². The summed E-state index contributed by atoms with van der Waals surface area (Å²) in [4.78, 5) is 22.5. The summed E-state index contributed by atoms with van der Waals surface area (Å²) in [5.41, 5.74) is 4.07. The summed E-state index contributed by atoms with van der Waals surface area (Å²) < 4.78 is 11.0. The Morgan fingerprint density at radius 2 is 2.04 bits per heavy atom. The van der Waals surface area contributed by atoms with Crippen LogP contribution in [0.3, 0.4) is 0 Å². The molecule has 28 heavy (non-hydrogen) atoms. The van der Waals surface area contributed by atoms with E-state index in [2.05, 4.69) is 9.97 Å². The molecule has 0 saturated heterocycles. The number of carbonyl (C=O) groups is 1. The zero-order chi connectivity index (χ0) is 19.4. The van der Waals surface area contributed by atoms with Gasteiger partial charge in [0.1, 0.15) is 11.4 Å². The monoisotopic (exact) mass is 415 g/mol. The first-order valence-electron chi connectivity index (χ1n) is 8.72. The van der Waals surface area contributed by atoms with Gasteiger partial charge in [-0.3, -0.25) is 4.79 Å². The lowest BCUT2D eigenvalue weighted by Crippen LogP contribution is -2.37. The lowest BCUT2D eigenvalue weighted by Gasteiger charge is -2.30. The van der Waals surface area contributed by atoms with E-state index in [9.17, 15) is 4.79 Å². The van der Waals surface area contributed by atoms with Gasteiger partial charge >= 0.3 is 5.97 Å². The topological polar surface area (TPSA) is 71.4 Å². The number of aromatic nitrogens is 2. The molecule has 1 N–H and O–H groups in total. The van der Waals surface area contributed by atoms with Gasteiger partial charge in [0.2, 0.25) is 0 Å². The van der Waals surface area contributed by atoms with E-state index in [1.807, 2.05) is 29.2 Å². The highest BCUT2D eigenvalue weighted by Crippen LogP contribution is 2.38. The number of nitrogens with one attached hydrogen (secondary N) is 1. The number of methoxy groups -OCH3 is 1. The van der Waals surface area contributed by atoms with Crippen molar-refractivity contribution >= 4 is 57.2 Å². The summed E-state index contributed by atoms with van der Waals surface area (Å²) in [6, 6.07) is 11.3. The zero-order valence-electron chi connectivity index (χ0n) is 14.8. The number of H-pyrrole nitrogens is 1. The normalized spacial score (nSPS) is 16.5. The molecule has 1 atom stereocenters. The van der Waals surface area contributed by atoms with E-state index >= 15 is 0 Å². The highest BCUT2D eigenvalue weighted by molar-refractivity contribution is 6.31. The molecular weight excluding hydrogens is 401 g/mol. The number of rotatable bonds is 2. The maximum atomic E-state index is 12.6. The Hall–Kier alpha value is -2.70. The minimum absolute atomic E-state index is 0.314. The molecule has 4 aromatic rings. The van der Waals surface area contributed by atoms with Gasteiger partial charge in [-0.05, 0) is 35.9 Å².